The zero-order chi connectivity index (χ0) is 16.1. The van der Waals surface area contributed by atoms with Gasteiger partial charge in [0.2, 0.25) is 0 Å². The molecule has 0 amide bonds. The van der Waals surface area contributed by atoms with Crippen LogP contribution in [0.2, 0.25) is 0 Å². The molecular weight excluding hydrogens is 295 g/mol. The first kappa shape index (κ1) is 19.1. The van der Waals surface area contributed by atoms with Crippen molar-refractivity contribution >= 4 is 17.0 Å². The lowest BCUT2D eigenvalue weighted by molar-refractivity contribution is -0.154. The lowest BCUT2D eigenvalue weighted by Gasteiger charge is -2.26. The summed E-state index contributed by atoms with van der Waals surface area (Å²) in [6.45, 7) is 9.38. The highest BCUT2D eigenvalue weighted by Crippen LogP contribution is 2.27. The molecule has 0 aliphatic heterocycles. The number of hydrogen-bond donors (Lipinski definition) is 1. The van der Waals surface area contributed by atoms with Crippen LogP contribution >= 0.6 is 0 Å². The molecule has 0 aliphatic rings. The first-order valence-corrected chi connectivity index (χ1v) is 7.17. The zero-order valence-electron chi connectivity index (χ0n) is 12.0. The maximum atomic E-state index is 12.9. The molecule has 118 valence electrons. The van der Waals surface area contributed by atoms with E-state index in [-0.39, 0.29) is 6.61 Å². The van der Waals surface area contributed by atoms with Crippen molar-refractivity contribution in [2.24, 2.45) is 0 Å². The highest BCUT2D eigenvalue weighted by Gasteiger charge is 2.45. The van der Waals surface area contributed by atoms with Crippen molar-refractivity contribution in [2.45, 2.75) is 51.1 Å². The number of carbonyl (C=O) groups excluding carboxylic acids is 1. The Labute approximate surface area is 119 Å². The highest BCUT2D eigenvalue weighted by atomic mass is 32.2. The fourth-order valence-electron chi connectivity index (χ4n) is 1.02. The Bertz CT molecular complexity index is 388. The van der Waals surface area contributed by atoms with Crippen LogP contribution in [-0.2, 0) is 20.5 Å². The SMILES string of the molecule is C=C(C(=O)OCCC)[C@@H](N[S@](=O)C(C)(C)C)C(F)(F)F. The lowest BCUT2D eigenvalue weighted by atomic mass is 10.1. The largest absolute Gasteiger partial charge is 0.462 e. The van der Waals surface area contributed by atoms with Crippen LogP contribution in [0.15, 0.2) is 12.2 Å². The molecule has 20 heavy (non-hydrogen) atoms. The summed E-state index contributed by atoms with van der Waals surface area (Å²) >= 11 is 0. The predicted molar refractivity (Wildman–Crippen MR) is 71.3 cm³/mol. The summed E-state index contributed by atoms with van der Waals surface area (Å²) in [5.74, 6) is -1.15. The van der Waals surface area contributed by atoms with Crippen molar-refractivity contribution in [1.82, 2.24) is 4.72 Å². The topological polar surface area (TPSA) is 55.4 Å². The maximum Gasteiger partial charge on any atom is 0.409 e. The van der Waals surface area contributed by atoms with E-state index in [1.54, 1.807) is 6.92 Å². The van der Waals surface area contributed by atoms with E-state index in [0.717, 1.165) is 0 Å². The minimum Gasteiger partial charge on any atom is -0.462 e. The highest BCUT2D eigenvalue weighted by molar-refractivity contribution is 7.84. The third-order valence-corrected chi connectivity index (χ3v) is 3.72. The molecule has 0 rings (SSSR count). The molecule has 0 aromatic carbocycles. The number of rotatable bonds is 6. The zero-order valence-corrected chi connectivity index (χ0v) is 12.8. The summed E-state index contributed by atoms with van der Waals surface area (Å²) in [7, 11) is -2.00. The average molecular weight is 315 g/mol. The van der Waals surface area contributed by atoms with Gasteiger partial charge in [-0.25, -0.2) is 13.7 Å². The molecule has 0 saturated heterocycles. The van der Waals surface area contributed by atoms with Gasteiger partial charge in [-0.15, -0.1) is 0 Å². The Kier molecular flexibility index (Phi) is 6.89. The molecule has 0 aromatic heterocycles. The number of esters is 1. The second-order valence-electron chi connectivity index (χ2n) is 5.13. The van der Waals surface area contributed by atoms with Crippen LogP contribution in [0.25, 0.3) is 0 Å². The van der Waals surface area contributed by atoms with Gasteiger partial charge in [0.1, 0.15) is 6.04 Å². The summed E-state index contributed by atoms with van der Waals surface area (Å²) in [6, 6.07) is -2.40. The van der Waals surface area contributed by atoms with Crippen LogP contribution < -0.4 is 4.72 Å². The monoisotopic (exact) mass is 315 g/mol. The van der Waals surface area contributed by atoms with E-state index in [0.29, 0.717) is 6.42 Å². The predicted octanol–water partition coefficient (Wildman–Crippen LogP) is 2.48. The molecule has 4 nitrogen and oxygen atoms in total. The summed E-state index contributed by atoms with van der Waals surface area (Å²) in [5.41, 5.74) is -0.802. The molecule has 0 saturated carbocycles. The first-order chi connectivity index (χ1) is 8.91. The molecule has 0 aliphatic carbocycles. The van der Waals surface area contributed by atoms with E-state index >= 15 is 0 Å². The number of halogens is 3. The van der Waals surface area contributed by atoms with Gasteiger partial charge in [-0.3, -0.25) is 0 Å². The van der Waals surface area contributed by atoms with Crippen LogP contribution in [-0.4, -0.2) is 33.8 Å². The maximum absolute atomic E-state index is 12.9. The second-order valence-corrected chi connectivity index (χ2v) is 7.13. The van der Waals surface area contributed by atoms with Crippen molar-refractivity contribution in [3.05, 3.63) is 12.2 Å². The van der Waals surface area contributed by atoms with Crippen molar-refractivity contribution < 1.29 is 26.9 Å². The molecule has 0 spiro atoms. The van der Waals surface area contributed by atoms with Gasteiger partial charge in [0, 0.05) is 0 Å². The lowest BCUT2D eigenvalue weighted by Crippen LogP contribution is -2.49. The van der Waals surface area contributed by atoms with E-state index in [1.165, 1.54) is 20.8 Å². The fourth-order valence-corrected chi connectivity index (χ4v) is 1.87. The number of ether oxygens (including phenoxy) is 1. The standard InChI is InChI=1S/C12H20F3NO3S/c1-6-7-19-10(17)8(2)9(12(13,14)15)16-20(18)11(3,4)5/h9,16H,2,6-7H2,1,3-5H3/t9-,20-/m1/s1. The molecular formula is C12H20F3NO3S. The smallest absolute Gasteiger partial charge is 0.409 e. The van der Waals surface area contributed by atoms with Gasteiger partial charge >= 0.3 is 12.1 Å². The third kappa shape index (κ3) is 6.04. The molecule has 0 fully saturated rings. The van der Waals surface area contributed by atoms with Crippen LogP contribution in [0.5, 0.6) is 0 Å². The Morgan fingerprint density at radius 2 is 1.85 bits per heavy atom. The summed E-state index contributed by atoms with van der Waals surface area (Å²) in [6.07, 6.45) is -4.31. The Hall–Kier alpha value is -0.890. The first-order valence-electron chi connectivity index (χ1n) is 6.02. The molecule has 1 N–H and O–H groups in total. The summed E-state index contributed by atoms with van der Waals surface area (Å²) in [5, 5.41) is 0. The molecule has 2 atom stereocenters. The Morgan fingerprint density at radius 3 is 2.20 bits per heavy atom. The Balaban J connectivity index is 5.05. The number of hydrogen-bond acceptors (Lipinski definition) is 3. The van der Waals surface area contributed by atoms with Gasteiger partial charge < -0.3 is 4.74 Å². The number of alkyl halides is 3. The van der Waals surface area contributed by atoms with Gasteiger partial charge in [-0.1, -0.05) is 13.5 Å². The third-order valence-electron chi connectivity index (χ3n) is 2.16. The van der Waals surface area contributed by atoms with Gasteiger partial charge in [-0.2, -0.15) is 13.2 Å². The van der Waals surface area contributed by atoms with E-state index in [1.807, 2.05) is 4.72 Å². The van der Waals surface area contributed by atoms with Crippen LogP contribution in [0.3, 0.4) is 0 Å². The normalized spacial score (nSPS) is 15.6. The van der Waals surface area contributed by atoms with Crippen LogP contribution in [0, 0.1) is 0 Å². The Morgan fingerprint density at radius 1 is 1.35 bits per heavy atom. The van der Waals surface area contributed by atoms with Crippen molar-refractivity contribution in [1.29, 1.82) is 0 Å². The molecule has 0 aromatic rings. The second kappa shape index (κ2) is 7.21. The van der Waals surface area contributed by atoms with Crippen molar-refractivity contribution in [3.8, 4) is 0 Å². The van der Waals surface area contributed by atoms with Crippen molar-refractivity contribution in [3.63, 3.8) is 0 Å². The quantitative estimate of drug-likeness (QED) is 0.605. The van der Waals surface area contributed by atoms with E-state index in [4.69, 9.17) is 0 Å². The van der Waals surface area contributed by atoms with Gasteiger partial charge in [0.25, 0.3) is 0 Å². The average Bonchev–Trinajstić information content (AvgIpc) is 2.28. The van der Waals surface area contributed by atoms with E-state index < -0.39 is 39.5 Å². The molecule has 8 heteroatoms. The van der Waals surface area contributed by atoms with E-state index in [2.05, 4.69) is 11.3 Å². The van der Waals surface area contributed by atoms with Crippen molar-refractivity contribution in [2.75, 3.05) is 6.61 Å². The van der Waals surface area contributed by atoms with Crippen LogP contribution in [0.4, 0.5) is 13.2 Å². The minimum atomic E-state index is -4.79. The molecule has 0 heterocycles. The van der Waals surface area contributed by atoms with Gasteiger partial charge in [-0.05, 0) is 27.2 Å². The van der Waals surface area contributed by atoms with E-state index in [9.17, 15) is 22.2 Å². The van der Waals surface area contributed by atoms with Gasteiger partial charge in [0.15, 0.2) is 0 Å². The van der Waals surface area contributed by atoms with Gasteiger partial charge in [0.05, 0.1) is 27.9 Å². The van der Waals surface area contributed by atoms with Crippen LogP contribution in [0.1, 0.15) is 34.1 Å². The summed E-state index contributed by atoms with van der Waals surface area (Å²) < 4.78 is 56.2. The molecule has 0 bridgehead atoms. The number of nitrogens with one attached hydrogen (secondary N) is 1. The number of carbonyl (C=O) groups is 1. The molecule has 0 unspecified atom stereocenters. The molecule has 0 radical (unpaired) electrons. The summed E-state index contributed by atoms with van der Waals surface area (Å²) in [4.78, 5) is 11.5. The fraction of sp³-hybridized carbons (Fsp3) is 0.750. The minimum absolute atomic E-state index is 0.00475.